The first-order valence-electron chi connectivity index (χ1n) is 8.27. The standard InChI is InChI=1S/C16H25N5O/c1-2-3-4-20-5-6-21(10-16(20)22)15-9-14(18-11-19-15)12-7-13(17)8-12/h9,11-13H,2-8,10,17H2,1H3. The molecular weight excluding hydrogens is 278 g/mol. The third kappa shape index (κ3) is 3.21. The molecule has 0 unspecified atom stereocenters. The Balaban J connectivity index is 1.63. The van der Waals surface area contributed by atoms with E-state index < -0.39 is 0 Å². The quantitative estimate of drug-likeness (QED) is 0.882. The largest absolute Gasteiger partial charge is 0.345 e. The van der Waals surface area contributed by atoms with Crippen LogP contribution in [0, 0.1) is 0 Å². The summed E-state index contributed by atoms with van der Waals surface area (Å²) in [7, 11) is 0. The molecule has 1 saturated heterocycles. The molecule has 0 bridgehead atoms. The third-order valence-electron chi connectivity index (χ3n) is 4.69. The van der Waals surface area contributed by atoms with E-state index in [1.165, 1.54) is 0 Å². The zero-order chi connectivity index (χ0) is 15.5. The lowest BCUT2D eigenvalue weighted by Crippen LogP contribution is -2.50. The van der Waals surface area contributed by atoms with Crippen LogP contribution >= 0.6 is 0 Å². The van der Waals surface area contributed by atoms with Crippen molar-refractivity contribution in [2.45, 2.75) is 44.6 Å². The summed E-state index contributed by atoms with van der Waals surface area (Å²) >= 11 is 0. The van der Waals surface area contributed by atoms with Crippen LogP contribution in [0.25, 0.3) is 0 Å². The maximum atomic E-state index is 12.2. The van der Waals surface area contributed by atoms with Crippen LogP contribution in [0.15, 0.2) is 12.4 Å². The van der Waals surface area contributed by atoms with E-state index in [2.05, 4.69) is 21.8 Å². The summed E-state index contributed by atoms with van der Waals surface area (Å²) in [6.07, 6.45) is 5.81. The summed E-state index contributed by atoms with van der Waals surface area (Å²) in [4.78, 5) is 25.0. The van der Waals surface area contributed by atoms with Crippen molar-refractivity contribution < 1.29 is 4.79 Å². The van der Waals surface area contributed by atoms with Crippen LogP contribution in [0.5, 0.6) is 0 Å². The highest BCUT2D eigenvalue weighted by Crippen LogP contribution is 2.35. The molecule has 0 radical (unpaired) electrons. The first-order valence-corrected chi connectivity index (χ1v) is 8.27. The number of nitrogens with two attached hydrogens (primary N) is 1. The van der Waals surface area contributed by atoms with E-state index in [0.29, 0.717) is 18.5 Å². The molecule has 22 heavy (non-hydrogen) atoms. The number of piperazine rings is 1. The molecule has 1 saturated carbocycles. The molecule has 1 aliphatic carbocycles. The molecule has 2 N–H and O–H groups in total. The Morgan fingerprint density at radius 3 is 2.82 bits per heavy atom. The number of hydrogen-bond acceptors (Lipinski definition) is 5. The van der Waals surface area contributed by atoms with Gasteiger partial charge in [0.05, 0.1) is 6.54 Å². The van der Waals surface area contributed by atoms with Gasteiger partial charge in [-0.3, -0.25) is 4.79 Å². The Kier molecular flexibility index (Phi) is 4.57. The normalized spacial score (nSPS) is 25.3. The highest BCUT2D eigenvalue weighted by molar-refractivity contribution is 5.82. The topological polar surface area (TPSA) is 75.3 Å². The average molecular weight is 303 g/mol. The fourth-order valence-corrected chi connectivity index (χ4v) is 3.15. The highest BCUT2D eigenvalue weighted by atomic mass is 16.2. The van der Waals surface area contributed by atoms with E-state index in [1.54, 1.807) is 6.33 Å². The van der Waals surface area contributed by atoms with Gasteiger partial charge in [-0.2, -0.15) is 0 Å². The van der Waals surface area contributed by atoms with Crippen LogP contribution in [0.2, 0.25) is 0 Å². The second kappa shape index (κ2) is 6.60. The minimum absolute atomic E-state index is 0.200. The molecule has 2 heterocycles. The summed E-state index contributed by atoms with van der Waals surface area (Å²) in [6.45, 7) is 5.07. The van der Waals surface area contributed by atoms with E-state index in [4.69, 9.17) is 5.73 Å². The fraction of sp³-hybridized carbons (Fsp3) is 0.688. The monoisotopic (exact) mass is 303 g/mol. The second-order valence-corrected chi connectivity index (χ2v) is 6.39. The molecular formula is C16H25N5O. The number of nitrogens with zero attached hydrogens (tertiary/aromatic N) is 4. The summed E-state index contributed by atoms with van der Waals surface area (Å²) in [5, 5.41) is 0. The van der Waals surface area contributed by atoms with Crippen LogP contribution < -0.4 is 10.6 Å². The minimum atomic E-state index is 0.200. The zero-order valence-electron chi connectivity index (χ0n) is 13.2. The predicted molar refractivity (Wildman–Crippen MR) is 85.7 cm³/mol. The van der Waals surface area contributed by atoms with Crippen LogP contribution in [-0.2, 0) is 4.79 Å². The van der Waals surface area contributed by atoms with Crippen LogP contribution in [-0.4, -0.2) is 53.0 Å². The van der Waals surface area contributed by atoms with Crippen molar-refractivity contribution in [3.8, 4) is 0 Å². The number of carbonyl (C=O) groups is 1. The first-order chi connectivity index (χ1) is 10.7. The predicted octanol–water partition coefficient (Wildman–Crippen LogP) is 1.13. The Morgan fingerprint density at radius 2 is 2.14 bits per heavy atom. The van der Waals surface area contributed by atoms with Crippen molar-refractivity contribution in [1.29, 1.82) is 0 Å². The number of hydrogen-bond donors (Lipinski definition) is 1. The van der Waals surface area contributed by atoms with Gasteiger partial charge in [-0.25, -0.2) is 9.97 Å². The number of anilines is 1. The maximum Gasteiger partial charge on any atom is 0.242 e. The van der Waals surface area contributed by atoms with E-state index in [0.717, 1.165) is 56.8 Å². The van der Waals surface area contributed by atoms with Crippen molar-refractivity contribution in [1.82, 2.24) is 14.9 Å². The zero-order valence-corrected chi connectivity index (χ0v) is 13.2. The molecule has 0 spiro atoms. The molecule has 1 aromatic heterocycles. The molecule has 0 atom stereocenters. The van der Waals surface area contributed by atoms with E-state index in [-0.39, 0.29) is 5.91 Å². The third-order valence-corrected chi connectivity index (χ3v) is 4.69. The molecule has 2 fully saturated rings. The number of unbranched alkanes of at least 4 members (excludes halogenated alkanes) is 1. The van der Waals surface area contributed by atoms with Crippen molar-refractivity contribution in [2.75, 3.05) is 31.1 Å². The van der Waals surface area contributed by atoms with E-state index in [9.17, 15) is 4.79 Å². The summed E-state index contributed by atoms with van der Waals surface area (Å²) < 4.78 is 0. The number of aromatic nitrogens is 2. The van der Waals surface area contributed by atoms with Crippen molar-refractivity contribution in [2.24, 2.45) is 5.73 Å². The minimum Gasteiger partial charge on any atom is -0.345 e. The van der Waals surface area contributed by atoms with Gasteiger partial charge in [0.15, 0.2) is 0 Å². The van der Waals surface area contributed by atoms with Gasteiger partial charge in [0.25, 0.3) is 0 Å². The lowest BCUT2D eigenvalue weighted by Gasteiger charge is -2.36. The van der Waals surface area contributed by atoms with Gasteiger partial charge < -0.3 is 15.5 Å². The Labute approximate surface area is 131 Å². The van der Waals surface area contributed by atoms with Crippen molar-refractivity contribution in [3.05, 3.63) is 18.1 Å². The second-order valence-electron chi connectivity index (χ2n) is 6.39. The van der Waals surface area contributed by atoms with Gasteiger partial charge in [-0.1, -0.05) is 13.3 Å². The molecule has 2 aliphatic rings. The van der Waals surface area contributed by atoms with Crippen LogP contribution in [0.4, 0.5) is 5.82 Å². The summed E-state index contributed by atoms with van der Waals surface area (Å²) in [6, 6.07) is 2.35. The lowest BCUT2D eigenvalue weighted by atomic mass is 9.78. The molecule has 1 aromatic rings. The van der Waals surface area contributed by atoms with Gasteiger partial charge in [0, 0.05) is 43.4 Å². The van der Waals surface area contributed by atoms with Gasteiger partial charge >= 0.3 is 0 Å². The molecule has 120 valence electrons. The number of amides is 1. The highest BCUT2D eigenvalue weighted by Gasteiger charge is 2.30. The SMILES string of the molecule is CCCCN1CCN(c2cc(C3CC(N)C3)ncn2)CC1=O. The fourth-order valence-electron chi connectivity index (χ4n) is 3.15. The molecule has 6 nitrogen and oxygen atoms in total. The van der Waals surface area contributed by atoms with Gasteiger partial charge in [-0.15, -0.1) is 0 Å². The Hall–Kier alpha value is -1.69. The molecule has 3 rings (SSSR count). The average Bonchev–Trinajstić information content (AvgIpc) is 2.51. The van der Waals surface area contributed by atoms with Crippen molar-refractivity contribution in [3.63, 3.8) is 0 Å². The van der Waals surface area contributed by atoms with Gasteiger partial charge in [0.2, 0.25) is 5.91 Å². The summed E-state index contributed by atoms with van der Waals surface area (Å²) in [5.41, 5.74) is 6.92. The Bertz CT molecular complexity index is 529. The van der Waals surface area contributed by atoms with E-state index >= 15 is 0 Å². The van der Waals surface area contributed by atoms with Crippen molar-refractivity contribution >= 4 is 11.7 Å². The van der Waals surface area contributed by atoms with E-state index in [1.807, 2.05) is 11.0 Å². The van der Waals surface area contributed by atoms with Gasteiger partial charge in [-0.05, 0) is 19.3 Å². The smallest absolute Gasteiger partial charge is 0.242 e. The molecule has 6 heteroatoms. The maximum absolute atomic E-state index is 12.2. The van der Waals surface area contributed by atoms with Crippen LogP contribution in [0.3, 0.4) is 0 Å². The summed E-state index contributed by atoms with van der Waals surface area (Å²) in [5.74, 6) is 1.53. The molecule has 1 aliphatic heterocycles. The van der Waals surface area contributed by atoms with Crippen LogP contribution in [0.1, 0.15) is 44.2 Å². The Morgan fingerprint density at radius 1 is 1.32 bits per heavy atom. The molecule has 0 aromatic carbocycles. The van der Waals surface area contributed by atoms with Gasteiger partial charge in [0.1, 0.15) is 12.1 Å². The number of rotatable bonds is 5. The number of carbonyl (C=O) groups excluding carboxylic acids is 1. The molecule has 1 amide bonds. The lowest BCUT2D eigenvalue weighted by molar-refractivity contribution is -0.131. The first kappa shape index (κ1) is 15.2.